The van der Waals surface area contributed by atoms with Crippen LogP contribution in [0.4, 0.5) is 4.79 Å². The second-order valence-corrected chi connectivity index (χ2v) is 6.52. The van der Waals surface area contributed by atoms with Crippen LogP contribution < -0.4 is 0 Å². The van der Waals surface area contributed by atoms with Crippen LogP contribution in [-0.4, -0.2) is 52.6 Å². The minimum Gasteiger partial charge on any atom is -0.481 e. The largest absolute Gasteiger partial charge is 0.481 e. The third-order valence-corrected chi connectivity index (χ3v) is 4.17. The Hall–Kier alpha value is -1.26. The van der Waals surface area contributed by atoms with E-state index >= 15 is 0 Å². The summed E-state index contributed by atoms with van der Waals surface area (Å²) < 4.78 is 0. The van der Waals surface area contributed by atoms with E-state index < -0.39 is 5.97 Å². The molecule has 1 heterocycles. The Morgan fingerprint density at radius 2 is 2.00 bits per heavy atom. The third-order valence-electron chi connectivity index (χ3n) is 4.17. The maximum Gasteiger partial charge on any atom is 0.320 e. The number of likely N-dealkylation sites (tertiary alicyclic amines) is 1. The van der Waals surface area contributed by atoms with Crippen LogP contribution in [0.5, 0.6) is 0 Å². The van der Waals surface area contributed by atoms with Crippen molar-refractivity contribution in [2.45, 2.75) is 59.0 Å². The van der Waals surface area contributed by atoms with E-state index in [9.17, 15) is 9.59 Å². The molecule has 0 radical (unpaired) electrons. The summed E-state index contributed by atoms with van der Waals surface area (Å²) in [5.41, 5.74) is 0.00638. The summed E-state index contributed by atoms with van der Waals surface area (Å²) in [6.45, 7) is 8.98. The summed E-state index contributed by atoms with van der Waals surface area (Å²) in [5, 5.41) is 8.90. The van der Waals surface area contributed by atoms with E-state index in [-0.39, 0.29) is 30.0 Å². The number of carboxylic acids is 1. The minimum atomic E-state index is -0.837. The summed E-state index contributed by atoms with van der Waals surface area (Å²) in [6.07, 6.45) is 1.72. The molecular weight excluding hydrogens is 244 g/mol. The molecule has 0 bridgehead atoms. The van der Waals surface area contributed by atoms with Crippen molar-refractivity contribution in [3.05, 3.63) is 0 Å². The zero-order valence-corrected chi connectivity index (χ0v) is 12.6. The lowest BCUT2D eigenvalue weighted by Gasteiger charge is -2.38. The first-order chi connectivity index (χ1) is 8.64. The van der Waals surface area contributed by atoms with Gasteiger partial charge in [-0.05, 0) is 25.2 Å². The Morgan fingerprint density at radius 3 is 2.47 bits per heavy atom. The predicted molar refractivity (Wildman–Crippen MR) is 74.1 cm³/mol. The summed E-state index contributed by atoms with van der Waals surface area (Å²) in [6, 6.07) is -0.100. The van der Waals surface area contributed by atoms with Gasteiger partial charge in [0.25, 0.3) is 0 Å². The normalized spacial score (nSPS) is 21.3. The lowest BCUT2D eigenvalue weighted by molar-refractivity contribution is -0.138. The van der Waals surface area contributed by atoms with Gasteiger partial charge in [0.1, 0.15) is 0 Å². The molecule has 1 aliphatic heterocycles. The zero-order valence-electron chi connectivity index (χ0n) is 12.6. The molecule has 1 N–H and O–H groups in total. The van der Waals surface area contributed by atoms with Crippen LogP contribution in [-0.2, 0) is 4.79 Å². The van der Waals surface area contributed by atoms with Crippen LogP contribution in [0, 0.1) is 5.41 Å². The van der Waals surface area contributed by atoms with E-state index in [1.54, 1.807) is 16.8 Å². The molecule has 0 aliphatic carbocycles. The Kier molecular flexibility index (Phi) is 4.82. The molecule has 110 valence electrons. The lowest BCUT2D eigenvalue weighted by Crippen LogP contribution is -2.50. The molecule has 5 heteroatoms. The molecule has 2 unspecified atom stereocenters. The Morgan fingerprint density at radius 1 is 1.42 bits per heavy atom. The Bertz CT molecular complexity index is 349. The van der Waals surface area contributed by atoms with Crippen LogP contribution in [0.25, 0.3) is 0 Å². The lowest BCUT2D eigenvalue weighted by atomic mass is 9.87. The maximum absolute atomic E-state index is 12.5. The predicted octanol–water partition coefficient (Wildman–Crippen LogP) is 2.41. The second kappa shape index (κ2) is 5.80. The molecule has 0 saturated carbocycles. The third kappa shape index (κ3) is 3.85. The van der Waals surface area contributed by atoms with Crippen molar-refractivity contribution in [2.75, 3.05) is 13.6 Å². The van der Waals surface area contributed by atoms with Crippen LogP contribution in [0.15, 0.2) is 0 Å². The number of hydrogen-bond donors (Lipinski definition) is 1. The topological polar surface area (TPSA) is 60.9 Å². The van der Waals surface area contributed by atoms with Gasteiger partial charge in [0, 0.05) is 25.7 Å². The molecule has 5 nitrogen and oxygen atoms in total. The molecule has 1 aliphatic rings. The van der Waals surface area contributed by atoms with Gasteiger partial charge in [0.2, 0.25) is 0 Å². The van der Waals surface area contributed by atoms with E-state index in [1.807, 2.05) is 6.92 Å². The minimum absolute atomic E-state index is 0.00638. The van der Waals surface area contributed by atoms with Gasteiger partial charge >= 0.3 is 12.0 Å². The molecule has 0 spiro atoms. The second-order valence-electron chi connectivity index (χ2n) is 6.52. The van der Waals surface area contributed by atoms with Crippen LogP contribution in [0.3, 0.4) is 0 Å². The average molecular weight is 270 g/mol. The highest BCUT2D eigenvalue weighted by Gasteiger charge is 2.35. The molecule has 0 aromatic rings. The highest BCUT2D eigenvalue weighted by atomic mass is 16.4. The summed E-state index contributed by atoms with van der Waals surface area (Å²) in [5.74, 6) is -0.837. The van der Waals surface area contributed by atoms with Gasteiger partial charge in [-0.3, -0.25) is 4.79 Å². The van der Waals surface area contributed by atoms with Gasteiger partial charge in [-0.15, -0.1) is 0 Å². The summed E-state index contributed by atoms with van der Waals surface area (Å²) in [4.78, 5) is 26.8. The number of aliphatic carboxylic acids is 1. The molecular formula is C14H26N2O3. The van der Waals surface area contributed by atoms with Crippen molar-refractivity contribution in [3.63, 3.8) is 0 Å². The van der Waals surface area contributed by atoms with Gasteiger partial charge in [0.15, 0.2) is 0 Å². The smallest absolute Gasteiger partial charge is 0.320 e. The van der Waals surface area contributed by atoms with Crippen LogP contribution in [0.2, 0.25) is 0 Å². The first-order valence-electron chi connectivity index (χ1n) is 6.89. The van der Waals surface area contributed by atoms with Gasteiger partial charge < -0.3 is 14.9 Å². The SMILES string of the molecule is CC(N(C)C(=O)N1CCCC1CC(=O)O)C(C)(C)C. The quantitative estimate of drug-likeness (QED) is 0.856. The molecule has 1 fully saturated rings. The van der Waals surface area contributed by atoms with Crippen molar-refractivity contribution in [1.29, 1.82) is 0 Å². The van der Waals surface area contributed by atoms with Crippen LogP contribution >= 0.6 is 0 Å². The standard InChI is InChI=1S/C14H26N2O3/c1-10(14(2,3)4)15(5)13(19)16-8-6-7-11(16)9-12(17)18/h10-11H,6-9H2,1-5H3,(H,17,18). The van der Waals surface area contributed by atoms with Crippen LogP contribution in [0.1, 0.15) is 47.0 Å². The first kappa shape index (κ1) is 15.8. The van der Waals surface area contributed by atoms with Crippen molar-refractivity contribution in [2.24, 2.45) is 5.41 Å². The van der Waals surface area contributed by atoms with E-state index in [1.165, 1.54) is 0 Å². The fourth-order valence-corrected chi connectivity index (χ4v) is 2.45. The Labute approximate surface area is 115 Å². The average Bonchev–Trinajstić information content (AvgIpc) is 2.72. The van der Waals surface area contributed by atoms with Crippen molar-refractivity contribution in [1.82, 2.24) is 9.80 Å². The monoisotopic (exact) mass is 270 g/mol. The van der Waals surface area contributed by atoms with Crippen molar-refractivity contribution < 1.29 is 14.7 Å². The van der Waals surface area contributed by atoms with E-state index in [0.717, 1.165) is 12.8 Å². The number of carbonyl (C=O) groups excluding carboxylic acids is 1. The number of nitrogens with zero attached hydrogens (tertiary/aromatic N) is 2. The van der Waals surface area contributed by atoms with Gasteiger partial charge in [-0.1, -0.05) is 20.8 Å². The summed E-state index contributed by atoms with van der Waals surface area (Å²) in [7, 11) is 1.80. The number of rotatable bonds is 3. The molecule has 2 atom stereocenters. The van der Waals surface area contributed by atoms with E-state index in [2.05, 4.69) is 20.8 Å². The number of carboxylic acid groups (broad SMARTS) is 1. The number of carbonyl (C=O) groups is 2. The van der Waals surface area contributed by atoms with E-state index in [0.29, 0.717) is 6.54 Å². The van der Waals surface area contributed by atoms with Gasteiger partial charge in [-0.2, -0.15) is 0 Å². The van der Waals surface area contributed by atoms with Crippen molar-refractivity contribution >= 4 is 12.0 Å². The molecule has 0 aromatic carbocycles. The highest BCUT2D eigenvalue weighted by Crippen LogP contribution is 2.27. The molecule has 1 saturated heterocycles. The highest BCUT2D eigenvalue weighted by molar-refractivity contribution is 5.76. The van der Waals surface area contributed by atoms with E-state index in [4.69, 9.17) is 5.11 Å². The first-order valence-corrected chi connectivity index (χ1v) is 6.89. The summed E-state index contributed by atoms with van der Waals surface area (Å²) >= 11 is 0. The molecule has 1 rings (SSSR count). The number of hydrogen-bond acceptors (Lipinski definition) is 2. The maximum atomic E-state index is 12.5. The molecule has 19 heavy (non-hydrogen) atoms. The van der Waals surface area contributed by atoms with Crippen molar-refractivity contribution in [3.8, 4) is 0 Å². The van der Waals surface area contributed by atoms with Gasteiger partial charge in [-0.25, -0.2) is 4.79 Å². The Balaban J connectivity index is 2.73. The van der Waals surface area contributed by atoms with Gasteiger partial charge in [0.05, 0.1) is 6.42 Å². The fraction of sp³-hybridized carbons (Fsp3) is 0.857. The number of amides is 2. The molecule has 0 aromatic heterocycles. The zero-order chi connectivity index (χ0) is 14.8. The number of urea groups is 1. The fourth-order valence-electron chi connectivity index (χ4n) is 2.45. The molecule has 2 amide bonds.